The topological polar surface area (TPSA) is 87.4 Å². The third-order valence-electron chi connectivity index (χ3n) is 7.98. The van der Waals surface area contributed by atoms with Gasteiger partial charge in [-0.1, -0.05) is 18.2 Å². The van der Waals surface area contributed by atoms with Crippen molar-refractivity contribution >= 4 is 17.4 Å². The van der Waals surface area contributed by atoms with E-state index in [4.69, 9.17) is 5.73 Å². The molecule has 3 aliphatic rings. The Balaban J connectivity index is 1.30. The van der Waals surface area contributed by atoms with Crippen molar-refractivity contribution in [3.63, 3.8) is 0 Å². The Morgan fingerprint density at radius 2 is 1.67 bits per heavy atom. The van der Waals surface area contributed by atoms with Crippen LogP contribution in [0.5, 0.6) is 0 Å². The highest BCUT2D eigenvalue weighted by Crippen LogP contribution is 2.51. The van der Waals surface area contributed by atoms with Gasteiger partial charge in [-0.05, 0) is 56.5 Å². The second kappa shape index (κ2) is 8.55. The number of nitrogens with zero attached hydrogens (tertiary/aromatic N) is 4. The fraction of sp³-hybridized carbons (Fsp3) is 0.393. The Labute approximate surface area is 210 Å². The molecule has 2 aromatic carbocycles. The molecule has 2 aliphatic heterocycles. The number of nitrogens with two attached hydrogens (primary N) is 1. The van der Waals surface area contributed by atoms with E-state index in [1.165, 1.54) is 0 Å². The van der Waals surface area contributed by atoms with Crippen LogP contribution in [0.1, 0.15) is 42.6 Å². The van der Waals surface area contributed by atoms with Gasteiger partial charge >= 0.3 is 0 Å². The summed E-state index contributed by atoms with van der Waals surface area (Å²) in [5.41, 5.74) is 11.0. The number of piperazine rings is 1. The minimum atomic E-state index is -0.689. The number of carbonyl (C=O) groups excluding carboxylic acids is 1. The molecule has 0 atom stereocenters. The van der Waals surface area contributed by atoms with Gasteiger partial charge in [0.25, 0.3) is 5.91 Å². The van der Waals surface area contributed by atoms with Crippen LogP contribution in [-0.4, -0.2) is 59.5 Å². The van der Waals surface area contributed by atoms with Crippen LogP contribution in [0.2, 0.25) is 0 Å². The standard InChI is InChI=1S/C28H31FN6O/c1-17(2)34-11-13-35(14-12-34)20-6-3-18(4-7-20)23-25(29)33-26(30)24(32-23)19-5-8-21-22(15-19)28(9-10-28)16-31-27(21)36/h3-8,15,17H,9-14,16H2,1-2H3,(H2,30,33)(H,31,36). The van der Waals surface area contributed by atoms with E-state index in [0.29, 0.717) is 29.4 Å². The number of halogens is 1. The molecule has 3 aromatic rings. The minimum Gasteiger partial charge on any atom is -0.382 e. The van der Waals surface area contributed by atoms with Crippen LogP contribution in [0.25, 0.3) is 22.5 Å². The third kappa shape index (κ3) is 3.89. The number of carbonyl (C=O) groups is 1. The first kappa shape index (κ1) is 22.9. The van der Waals surface area contributed by atoms with E-state index in [9.17, 15) is 9.18 Å². The average molecular weight is 487 g/mol. The molecule has 186 valence electrons. The van der Waals surface area contributed by atoms with Gasteiger partial charge in [0.05, 0.1) is 0 Å². The van der Waals surface area contributed by atoms with Crippen molar-refractivity contribution in [2.45, 2.75) is 38.1 Å². The Kier molecular flexibility index (Phi) is 5.44. The van der Waals surface area contributed by atoms with Crippen molar-refractivity contribution < 1.29 is 9.18 Å². The van der Waals surface area contributed by atoms with Gasteiger partial charge in [0.2, 0.25) is 5.95 Å². The number of fused-ring (bicyclic) bond motifs is 2. The predicted octanol–water partition coefficient (Wildman–Crippen LogP) is 3.84. The van der Waals surface area contributed by atoms with Crippen LogP contribution in [0.15, 0.2) is 42.5 Å². The molecule has 3 N–H and O–H groups in total. The van der Waals surface area contributed by atoms with Gasteiger partial charge in [-0.15, -0.1) is 0 Å². The van der Waals surface area contributed by atoms with Crippen LogP contribution in [0.3, 0.4) is 0 Å². The van der Waals surface area contributed by atoms with Crippen LogP contribution in [0.4, 0.5) is 15.9 Å². The summed E-state index contributed by atoms with van der Waals surface area (Å²) in [7, 11) is 0. The molecule has 0 bridgehead atoms. The quantitative estimate of drug-likeness (QED) is 0.583. The van der Waals surface area contributed by atoms with E-state index in [-0.39, 0.29) is 22.8 Å². The summed E-state index contributed by atoms with van der Waals surface area (Å²) >= 11 is 0. The highest BCUT2D eigenvalue weighted by molar-refractivity contribution is 5.98. The molecular weight excluding hydrogens is 455 g/mol. The predicted molar refractivity (Wildman–Crippen MR) is 139 cm³/mol. The lowest BCUT2D eigenvalue weighted by Gasteiger charge is -2.38. The van der Waals surface area contributed by atoms with Gasteiger partial charge in [0.15, 0.2) is 5.82 Å². The molecule has 1 saturated heterocycles. The summed E-state index contributed by atoms with van der Waals surface area (Å²) in [6, 6.07) is 14.0. The van der Waals surface area contributed by atoms with Crippen molar-refractivity contribution in [2.24, 2.45) is 0 Å². The van der Waals surface area contributed by atoms with Crippen molar-refractivity contribution in [2.75, 3.05) is 43.4 Å². The van der Waals surface area contributed by atoms with E-state index in [1.807, 2.05) is 42.5 Å². The Morgan fingerprint density at radius 3 is 2.33 bits per heavy atom. The SMILES string of the molecule is CC(C)N1CCN(c2ccc(-c3nc(-c4ccc5c(c4)C4(CC4)CNC5=O)c(N)nc3F)cc2)CC1. The van der Waals surface area contributed by atoms with Gasteiger partial charge in [-0.25, -0.2) is 4.98 Å². The summed E-state index contributed by atoms with van der Waals surface area (Å²) < 4.78 is 14.9. The molecule has 7 nitrogen and oxygen atoms in total. The fourth-order valence-corrected chi connectivity index (χ4v) is 5.51. The zero-order chi connectivity index (χ0) is 25.0. The fourth-order valence-electron chi connectivity index (χ4n) is 5.51. The molecule has 1 aliphatic carbocycles. The average Bonchev–Trinajstić information content (AvgIpc) is 3.67. The summed E-state index contributed by atoms with van der Waals surface area (Å²) in [5.74, 6) is -0.704. The smallest absolute Gasteiger partial charge is 0.251 e. The monoisotopic (exact) mass is 486 g/mol. The van der Waals surface area contributed by atoms with Crippen LogP contribution >= 0.6 is 0 Å². The Bertz CT molecular complexity index is 1330. The lowest BCUT2D eigenvalue weighted by atomic mass is 9.86. The molecule has 2 fully saturated rings. The zero-order valence-electron chi connectivity index (χ0n) is 20.7. The van der Waals surface area contributed by atoms with Crippen LogP contribution in [0, 0.1) is 5.95 Å². The Morgan fingerprint density at radius 1 is 0.972 bits per heavy atom. The Hall–Kier alpha value is -3.52. The van der Waals surface area contributed by atoms with Crippen LogP contribution < -0.4 is 16.0 Å². The second-order valence-electron chi connectivity index (χ2n) is 10.5. The third-order valence-corrected chi connectivity index (χ3v) is 7.98. The van der Waals surface area contributed by atoms with Gasteiger partial charge in [-0.2, -0.15) is 9.37 Å². The highest BCUT2D eigenvalue weighted by Gasteiger charge is 2.49. The van der Waals surface area contributed by atoms with Crippen molar-refractivity contribution in [1.29, 1.82) is 0 Å². The molecule has 0 unspecified atom stereocenters. The summed E-state index contributed by atoms with van der Waals surface area (Å²) in [5, 5.41) is 2.99. The number of rotatable bonds is 4. The molecule has 36 heavy (non-hydrogen) atoms. The number of anilines is 2. The minimum absolute atomic E-state index is 0.000781. The highest BCUT2D eigenvalue weighted by atomic mass is 19.1. The van der Waals surface area contributed by atoms with Gasteiger partial charge < -0.3 is 16.0 Å². The molecule has 8 heteroatoms. The van der Waals surface area contributed by atoms with Crippen LogP contribution in [-0.2, 0) is 5.41 Å². The van der Waals surface area contributed by atoms with Crippen molar-refractivity contribution in [3.05, 3.63) is 59.5 Å². The van der Waals surface area contributed by atoms with E-state index in [2.05, 4.69) is 38.9 Å². The van der Waals surface area contributed by atoms with Crippen molar-refractivity contribution in [1.82, 2.24) is 20.2 Å². The molecule has 1 aromatic heterocycles. The number of hydrogen-bond donors (Lipinski definition) is 2. The van der Waals surface area contributed by atoms with E-state index < -0.39 is 5.95 Å². The molecule has 3 heterocycles. The second-order valence-corrected chi connectivity index (χ2v) is 10.5. The largest absolute Gasteiger partial charge is 0.382 e. The maximum Gasteiger partial charge on any atom is 0.251 e. The lowest BCUT2D eigenvalue weighted by molar-refractivity contribution is 0.0937. The number of benzene rings is 2. The van der Waals surface area contributed by atoms with Gasteiger partial charge in [0, 0.05) is 66.6 Å². The number of nitrogens with one attached hydrogen (secondary N) is 1. The van der Waals surface area contributed by atoms with Gasteiger partial charge in [0.1, 0.15) is 11.4 Å². The van der Waals surface area contributed by atoms with Crippen molar-refractivity contribution in [3.8, 4) is 22.5 Å². The number of hydrogen-bond acceptors (Lipinski definition) is 6. The van der Waals surface area contributed by atoms with E-state index in [0.717, 1.165) is 55.8 Å². The lowest BCUT2D eigenvalue weighted by Crippen LogP contribution is -2.48. The normalized spacial score (nSPS) is 18.9. The van der Waals surface area contributed by atoms with E-state index in [1.54, 1.807) is 0 Å². The van der Waals surface area contributed by atoms with E-state index >= 15 is 0 Å². The number of amides is 1. The maximum atomic E-state index is 14.9. The molecule has 1 amide bonds. The van der Waals surface area contributed by atoms with Gasteiger partial charge in [-0.3, -0.25) is 9.69 Å². The number of nitrogen functional groups attached to an aromatic ring is 1. The molecule has 1 saturated carbocycles. The first-order valence-electron chi connectivity index (χ1n) is 12.7. The molecular formula is C28H31FN6O. The molecule has 1 spiro atoms. The molecule has 0 radical (unpaired) electrons. The summed E-state index contributed by atoms with van der Waals surface area (Å²) in [6.45, 7) is 9.11. The maximum absolute atomic E-state index is 14.9. The summed E-state index contributed by atoms with van der Waals surface area (Å²) in [6.07, 6.45) is 2.08. The molecule has 6 rings (SSSR count). The first-order valence-corrected chi connectivity index (χ1v) is 12.7. The number of aromatic nitrogens is 2. The zero-order valence-corrected chi connectivity index (χ0v) is 20.7. The first-order chi connectivity index (χ1) is 17.3. The summed E-state index contributed by atoms with van der Waals surface area (Å²) in [4.78, 5) is 25.8.